The number of aliphatic hydroxyl groups excluding tert-OH is 3. The number of carbonyl (C=O) groups excluding carboxylic acids is 2. The van der Waals surface area contributed by atoms with Gasteiger partial charge in [-0.05, 0) is 97.7 Å². The molecule has 0 unspecified atom stereocenters. The molecule has 4 aliphatic carbocycles. The first kappa shape index (κ1) is 30.7. The smallest absolute Gasteiger partial charge is 0.266 e. The van der Waals surface area contributed by atoms with Crippen LogP contribution < -0.4 is 10.6 Å². The van der Waals surface area contributed by atoms with Gasteiger partial charge in [0.15, 0.2) is 0 Å². The molecule has 0 radical (unpaired) electrons. The third kappa shape index (κ3) is 6.17. The van der Waals surface area contributed by atoms with Crippen LogP contribution >= 0.6 is 0 Å². The number of aliphatic hydroxyl groups is 3. The van der Waals surface area contributed by atoms with E-state index in [1.165, 1.54) is 0 Å². The average Bonchev–Trinajstić information content (AvgIpc) is 3.20. The largest absolute Gasteiger partial charge is 0.393 e. The topological polar surface area (TPSA) is 173 Å². The second-order valence-electron chi connectivity index (χ2n) is 13.5. The summed E-state index contributed by atoms with van der Waals surface area (Å²) in [4.78, 5) is 24.2. The van der Waals surface area contributed by atoms with Gasteiger partial charge in [-0.25, -0.2) is 0 Å². The molecule has 11 atom stereocenters. The van der Waals surface area contributed by atoms with Crippen LogP contribution in [0, 0.1) is 46.3 Å². The van der Waals surface area contributed by atoms with Gasteiger partial charge in [-0.3, -0.25) is 14.1 Å². The molecular weight excluding hydrogens is 524 g/mol. The zero-order valence-electron chi connectivity index (χ0n) is 23.5. The lowest BCUT2D eigenvalue weighted by Gasteiger charge is -2.63. The molecule has 0 bridgehead atoms. The summed E-state index contributed by atoms with van der Waals surface area (Å²) < 4.78 is 30.2. The van der Waals surface area contributed by atoms with Gasteiger partial charge in [0, 0.05) is 13.0 Å². The first-order chi connectivity index (χ1) is 18.2. The molecule has 224 valence electrons. The molecule has 4 rings (SSSR count). The standard InChI is InChI=1S/C28H48N2O8S/c1-16(4-7-24(34)30-15-25(35)29-10-11-39(36,37)38)19-5-6-20-26-21(14-23(33)28(19,20)3)27(2)9-8-18(31)12-17(27)13-22(26)32/h16-23,26,31-33H,4-15H2,1-3H3,(H,29,35)(H,30,34)(H,36,37,38)/t16-,17+,18-,19-,20-,21+,22-,23+,26+,27+,28-/m1/s1. The van der Waals surface area contributed by atoms with E-state index in [0.29, 0.717) is 12.8 Å². The Labute approximate surface area is 232 Å². The maximum Gasteiger partial charge on any atom is 0.266 e. The molecule has 0 aromatic heterocycles. The molecule has 6 N–H and O–H groups in total. The van der Waals surface area contributed by atoms with E-state index < -0.39 is 34.0 Å². The quantitative estimate of drug-likeness (QED) is 0.225. The van der Waals surface area contributed by atoms with E-state index in [0.717, 1.165) is 38.5 Å². The third-order valence-corrected chi connectivity index (χ3v) is 12.2. The summed E-state index contributed by atoms with van der Waals surface area (Å²) in [5, 5.41) is 38.3. The molecule has 0 aliphatic heterocycles. The van der Waals surface area contributed by atoms with Crippen LogP contribution in [0.2, 0.25) is 0 Å². The van der Waals surface area contributed by atoms with Crippen molar-refractivity contribution in [2.24, 2.45) is 46.3 Å². The van der Waals surface area contributed by atoms with Crippen LogP contribution in [0.3, 0.4) is 0 Å². The van der Waals surface area contributed by atoms with Gasteiger partial charge < -0.3 is 26.0 Å². The third-order valence-electron chi connectivity index (χ3n) is 11.5. The molecule has 10 nitrogen and oxygen atoms in total. The second kappa shape index (κ2) is 11.5. The molecule has 0 spiro atoms. The summed E-state index contributed by atoms with van der Waals surface area (Å²) in [6, 6.07) is 0. The molecule has 0 heterocycles. The van der Waals surface area contributed by atoms with Crippen molar-refractivity contribution in [3.05, 3.63) is 0 Å². The Hall–Kier alpha value is -1.27. The number of hydrogen-bond acceptors (Lipinski definition) is 7. The zero-order chi connectivity index (χ0) is 28.8. The Morgan fingerprint density at radius 3 is 2.38 bits per heavy atom. The molecule has 2 amide bonds. The fraction of sp³-hybridized carbons (Fsp3) is 0.929. The Morgan fingerprint density at radius 2 is 1.69 bits per heavy atom. The first-order valence-corrected chi connectivity index (χ1v) is 16.3. The van der Waals surface area contributed by atoms with Crippen molar-refractivity contribution < 1.29 is 37.9 Å². The van der Waals surface area contributed by atoms with E-state index in [4.69, 9.17) is 4.55 Å². The summed E-state index contributed by atoms with van der Waals surface area (Å²) in [5.74, 6) is -0.0801. The van der Waals surface area contributed by atoms with Crippen LogP contribution in [0.5, 0.6) is 0 Å². The summed E-state index contributed by atoms with van der Waals surface area (Å²) in [6.07, 6.45) is 5.44. The minimum atomic E-state index is -4.16. The maximum absolute atomic E-state index is 12.4. The number of fused-ring (bicyclic) bond motifs is 5. The number of amides is 2. The van der Waals surface area contributed by atoms with Gasteiger partial charge in [-0.1, -0.05) is 20.8 Å². The summed E-state index contributed by atoms with van der Waals surface area (Å²) in [6.45, 7) is 6.15. The number of rotatable bonds is 9. The van der Waals surface area contributed by atoms with E-state index in [9.17, 15) is 33.3 Å². The minimum absolute atomic E-state index is 0.0336. The molecule has 0 saturated heterocycles. The first-order valence-electron chi connectivity index (χ1n) is 14.7. The van der Waals surface area contributed by atoms with Crippen LogP contribution in [0.1, 0.15) is 78.6 Å². The Kier molecular flexibility index (Phi) is 9.08. The lowest BCUT2D eigenvalue weighted by Crippen LogP contribution is -2.62. The molecule has 0 aromatic carbocycles. The predicted molar refractivity (Wildman–Crippen MR) is 145 cm³/mol. The van der Waals surface area contributed by atoms with E-state index in [2.05, 4.69) is 31.4 Å². The highest BCUT2D eigenvalue weighted by atomic mass is 32.2. The van der Waals surface area contributed by atoms with Gasteiger partial charge in [-0.15, -0.1) is 0 Å². The number of carbonyl (C=O) groups is 2. The fourth-order valence-electron chi connectivity index (χ4n) is 9.34. The molecule has 4 fully saturated rings. The van der Waals surface area contributed by atoms with Crippen LogP contribution in [-0.2, 0) is 19.7 Å². The summed E-state index contributed by atoms with van der Waals surface area (Å²) >= 11 is 0. The highest BCUT2D eigenvalue weighted by Crippen LogP contribution is 2.68. The van der Waals surface area contributed by atoms with Crippen molar-refractivity contribution in [1.29, 1.82) is 0 Å². The molecule has 11 heteroatoms. The van der Waals surface area contributed by atoms with Gasteiger partial charge in [0.25, 0.3) is 10.1 Å². The fourth-order valence-corrected chi connectivity index (χ4v) is 9.70. The SMILES string of the molecule is C[C@H](CCC(=O)NCC(=O)NCCS(=O)(=O)O)[C@H]1CC[C@@H]2[C@@H]3[C@H](O)C[C@@H]4C[C@H](O)CC[C@]4(C)[C@H]3C[C@H](O)[C@@]21C. The van der Waals surface area contributed by atoms with E-state index in [-0.39, 0.29) is 77.9 Å². The Bertz CT molecular complexity index is 1020. The normalized spacial score (nSPS) is 42.5. The predicted octanol–water partition coefficient (Wildman–Crippen LogP) is 1.48. The van der Waals surface area contributed by atoms with Crippen LogP contribution in [0.4, 0.5) is 0 Å². The number of hydrogen-bond donors (Lipinski definition) is 6. The van der Waals surface area contributed by atoms with Gasteiger partial charge in [0.05, 0.1) is 30.6 Å². The summed E-state index contributed by atoms with van der Waals surface area (Å²) in [7, 11) is -4.16. The van der Waals surface area contributed by atoms with Crippen molar-refractivity contribution >= 4 is 21.9 Å². The molecule has 4 aliphatic rings. The van der Waals surface area contributed by atoms with Gasteiger partial charge in [-0.2, -0.15) is 8.42 Å². The summed E-state index contributed by atoms with van der Waals surface area (Å²) in [5.41, 5.74) is -0.297. The molecule has 4 saturated carbocycles. The van der Waals surface area contributed by atoms with Crippen LogP contribution in [0.25, 0.3) is 0 Å². The zero-order valence-corrected chi connectivity index (χ0v) is 24.3. The lowest BCUT2D eigenvalue weighted by molar-refractivity contribution is -0.207. The van der Waals surface area contributed by atoms with E-state index >= 15 is 0 Å². The van der Waals surface area contributed by atoms with Crippen molar-refractivity contribution in [3.8, 4) is 0 Å². The van der Waals surface area contributed by atoms with Crippen molar-refractivity contribution in [3.63, 3.8) is 0 Å². The number of nitrogens with one attached hydrogen (secondary N) is 2. The molecular formula is C28H48N2O8S. The Morgan fingerprint density at radius 1 is 0.974 bits per heavy atom. The van der Waals surface area contributed by atoms with Crippen LogP contribution in [-0.4, -0.2) is 77.3 Å². The van der Waals surface area contributed by atoms with Gasteiger partial charge in [0.2, 0.25) is 11.8 Å². The van der Waals surface area contributed by atoms with Crippen molar-refractivity contribution in [2.75, 3.05) is 18.8 Å². The molecule has 0 aromatic rings. The maximum atomic E-state index is 12.4. The minimum Gasteiger partial charge on any atom is -0.393 e. The lowest BCUT2D eigenvalue weighted by atomic mass is 9.43. The molecule has 39 heavy (non-hydrogen) atoms. The average molecular weight is 573 g/mol. The van der Waals surface area contributed by atoms with Gasteiger partial charge >= 0.3 is 0 Å². The van der Waals surface area contributed by atoms with Crippen molar-refractivity contribution in [2.45, 2.75) is 96.9 Å². The Balaban J connectivity index is 1.33. The highest BCUT2D eigenvalue weighted by molar-refractivity contribution is 7.85. The highest BCUT2D eigenvalue weighted by Gasteiger charge is 2.65. The van der Waals surface area contributed by atoms with Gasteiger partial charge in [0.1, 0.15) is 0 Å². The van der Waals surface area contributed by atoms with E-state index in [1.54, 1.807) is 0 Å². The van der Waals surface area contributed by atoms with E-state index in [1.807, 2.05) is 0 Å². The van der Waals surface area contributed by atoms with Crippen molar-refractivity contribution in [1.82, 2.24) is 10.6 Å². The van der Waals surface area contributed by atoms with Crippen LogP contribution in [0.15, 0.2) is 0 Å². The monoisotopic (exact) mass is 572 g/mol. The second-order valence-corrected chi connectivity index (χ2v) is 15.0.